The van der Waals surface area contributed by atoms with Crippen molar-refractivity contribution < 1.29 is 14.4 Å². The highest BCUT2D eigenvalue weighted by molar-refractivity contribution is 6.14. The van der Waals surface area contributed by atoms with Gasteiger partial charge in [-0.15, -0.1) is 0 Å². The maximum Gasteiger partial charge on any atom is 0.325 e. The van der Waals surface area contributed by atoms with E-state index in [1.54, 1.807) is 6.20 Å². The molecule has 2 heterocycles. The number of aromatic nitrogens is 1. The Morgan fingerprint density at radius 3 is 2.48 bits per heavy atom. The summed E-state index contributed by atoms with van der Waals surface area (Å²) in [4.78, 5) is 41.8. The molecule has 1 aliphatic heterocycles. The number of nitrogens with one attached hydrogen (secondary N) is 2. The minimum absolute atomic E-state index is 0.240. The molecule has 132 valence electrons. The summed E-state index contributed by atoms with van der Waals surface area (Å²) in [6.07, 6.45) is 3.53. The van der Waals surface area contributed by atoms with Crippen molar-refractivity contribution in [3.05, 3.63) is 35.5 Å². The lowest BCUT2D eigenvalue weighted by Crippen LogP contribution is -2.46. The molecule has 0 atom stereocenters. The van der Waals surface area contributed by atoms with Crippen molar-refractivity contribution >= 4 is 28.6 Å². The van der Waals surface area contributed by atoms with Gasteiger partial charge in [0.2, 0.25) is 0 Å². The maximum atomic E-state index is 12.8. The lowest BCUT2D eigenvalue weighted by atomic mass is 9.93. The van der Waals surface area contributed by atoms with Crippen LogP contribution < -0.4 is 5.32 Å². The molecule has 0 radical (unpaired) electrons. The first-order valence-corrected chi connectivity index (χ1v) is 8.73. The number of rotatable bonds is 6. The van der Waals surface area contributed by atoms with Gasteiger partial charge in [0, 0.05) is 22.7 Å². The number of fused-ring (bicyclic) bond motifs is 1. The van der Waals surface area contributed by atoms with E-state index in [0.717, 1.165) is 27.8 Å². The second-order valence-electron chi connectivity index (χ2n) is 6.43. The van der Waals surface area contributed by atoms with E-state index in [4.69, 9.17) is 0 Å². The first kappa shape index (κ1) is 17.2. The van der Waals surface area contributed by atoms with E-state index >= 15 is 0 Å². The Bertz CT molecular complexity index is 849. The third-order valence-corrected chi connectivity index (χ3v) is 5.24. The van der Waals surface area contributed by atoms with Crippen molar-refractivity contribution in [3.8, 4) is 0 Å². The Balaban J connectivity index is 1.88. The SMILES string of the molecule is CCc1cccc2c(C(=O)CN3C(=O)NC(CC)(CC)C3=O)c[nH]c12. The summed E-state index contributed by atoms with van der Waals surface area (Å²) in [6.45, 7) is 5.53. The monoisotopic (exact) mass is 341 g/mol. The Kier molecular flexibility index (Phi) is 4.37. The number of nitrogens with zero attached hydrogens (tertiary/aromatic N) is 1. The number of hydrogen-bond acceptors (Lipinski definition) is 3. The maximum absolute atomic E-state index is 12.8. The summed E-state index contributed by atoms with van der Waals surface area (Å²) in [7, 11) is 0. The Hall–Kier alpha value is -2.63. The predicted octanol–water partition coefficient (Wildman–Crippen LogP) is 3.02. The molecule has 1 aromatic heterocycles. The molecule has 1 aromatic carbocycles. The van der Waals surface area contributed by atoms with Crippen molar-refractivity contribution in [2.75, 3.05) is 6.54 Å². The van der Waals surface area contributed by atoms with Crippen LogP contribution in [0.25, 0.3) is 10.9 Å². The van der Waals surface area contributed by atoms with E-state index in [1.807, 2.05) is 32.0 Å². The minimum atomic E-state index is -0.882. The van der Waals surface area contributed by atoms with E-state index < -0.39 is 11.6 Å². The molecule has 0 unspecified atom stereocenters. The molecule has 0 bridgehead atoms. The largest absolute Gasteiger partial charge is 0.360 e. The van der Waals surface area contributed by atoms with Crippen LogP contribution in [0.15, 0.2) is 24.4 Å². The van der Waals surface area contributed by atoms with Crippen LogP contribution >= 0.6 is 0 Å². The molecule has 3 rings (SSSR count). The molecule has 1 saturated heterocycles. The molecule has 3 amide bonds. The Morgan fingerprint density at radius 1 is 1.16 bits per heavy atom. The van der Waals surface area contributed by atoms with E-state index in [9.17, 15) is 14.4 Å². The van der Waals surface area contributed by atoms with Crippen LogP contribution in [0.5, 0.6) is 0 Å². The van der Waals surface area contributed by atoms with Gasteiger partial charge in [-0.05, 0) is 24.8 Å². The minimum Gasteiger partial charge on any atom is -0.360 e. The number of amides is 3. The molecule has 1 aliphatic rings. The fourth-order valence-electron chi connectivity index (χ4n) is 3.52. The molecule has 0 saturated carbocycles. The van der Waals surface area contributed by atoms with E-state index in [0.29, 0.717) is 18.4 Å². The summed E-state index contributed by atoms with van der Waals surface area (Å²) >= 11 is 0. The number of para-hydroxylation sites is 1. The summed E-state index contributed by atoms with van der Waals surface area (Å²) in [5.74, 6) is -0.559. The van der Waals surface area contributed by atoms with Crippen LogP contribution in [0.3, 0.4) is 0 Å². The molecule has 25 heavy (non-hydrogen) atoms. The molecule has 0 spiro atoms. The third-order valence-electron chi connectivity index (χ3n) is 5.24. The second-order valence-corrected chi connectivity index (χ2v) is 6.43. The number of hydrogen-bond donors (Lipinski definition) is 2. The Labute approximate surface area is 146 Å². The van der Waals surface area contributed by atoms with Crippen LogP contribution in [0.1, 0.15) is 49.5 Å². The van der Waals surface area contributed by atoms with Gasteiger partial charge in [0.15, 0.2) is 5.78 Å². The summed E-state index contributed by atoms with van der Waals surface area (Å²) < 4.78 is 0. The van der Waals surface area contributed by atoms with Gasteiger partial charge in [-0.25, -0.2) is 4.79 Å². The number of H-pyrrole nitrogens is 1. The molecular weight excluding hydrogens is 318 g/mol. The molecule has 6 heteroatoms. The topological polar surface area (TPSA) is 82.3 Å². The van der Waals surface area contributed by atoms with Crippen LogP contribution in [-0.2, 0) is 11.2 Å². The average Bonchev–Trinajstić information content (AvgIpc) is 3.16. The van der Waals surface area contributed by atoms with E-state index in [2.05, 4.69) is 17.2 Å². The van der Waals surface area contributed by atoms with Gasteiger partial charge in [-0.3, -0.25) is 14.5 Å². The first-order chi connectivity index (χ1) is 12.0. The first-order valence-electron chi connectivity index (χ1n) is 8.73. The zero-order chi connectivity index (χ0) is 18.2. The number of ketones is 1. The van der Waals surface area contributed by atoms with E-state index in [1.165, 1.54) is 0 Å². The predicted molar refractivity (Wildman–Crippen MR) is 95.6 cm³/mol. The van der Waals surface area contributed by atoms with Gasteiger partial charge >= 0.3 is 6.03 Å². The third kappa shape index (κ3) is 2.62. The van der Waals surface area contributed by atoms with Crippen molar-refractivity contribution in [2.24, 2.45) is 0 Å². The number of aryl methyl sites for hydroxylation is 1. The average molecular weight is 341 g/mol. The molecular formula is C19H23N3O3. The molecule has 2 aromatic rings. The number of urea groups is 1. The number of carbonyl (C=O) groups is 3. The summed E-state index contributed by atoms with van der Waals surface area (Å²) in [6, 6.07) is 5.32. The highest BCUT2D eigenvalue weighted by atomic mass is 16.2. The fraction of sp³-hybridized carbons (Fsp3) is 0.421. The van der Waals surface area contributed by atoms with Crippen LogP contribution in [0.4, 0.5) is 4.79 Å². The lowest BCUT2D eigenvalue weighted by molar-refractivity contribution is -0.131. The van der Waals surface area contributed by atoms with Crippen LogP contribution in [0.2, 0.25) is 0 Å². The molecule has 2 N–H and O–H groups in total. The highest BCUT2D eigenvalue weighted by Crippen LogP contribution is 2.27. The van der Waals surface area contributed by atoms with Gasteiger partial charge in [0.25, 0.3) is 5.91 Å². The quantitative estimate of drug-likeness (QED) is 0.626. The summed E-state index contributed by atoms with van der Waals surface area (Å²) in [5, 5.41) is 3.58. The van der Waals surface area contributed by atoms with Crippen molar-refractivity contribution in [3.63, 3.8) is 0 Å². The fourth-order valence-corrected chi connectivity index (χ4v) is 3.52. The van der Waals surface area contributed by atoms with Crippen molar-refractivity contribution in [1.29, 1.82) is 0 Å². The van der Waals surface area contributed by atoms with E-state index in [-0.39, 0.29) is 18.2 Å². The zero-order valence-corrected chi connectivity index (χ0v) is 14.8. The lowest BCUT2D eigenvalue weighted by Gasteiger charge is -2.22. The van der Waals surface area contributed by atoms with Gasteiger partial charge in [0.1, 0.15) is 5.54 Å². The second kappa shape index (κ2) is 6.35. The normalized spacial score (nSPS) is 16.5. The standard InChI is InChI=1S/C19H23N3O3/c1-4-12-8-7-9-13-14(10-20-16(12)13)15(23)11-22-17(24)19(5-2,6-3)21-18(22)25/h7-10,20H,4-6,11H2,1-3H3,(H,21,25). The summed E-state index contributed by atoms with van der Waals surface area (Å²) in [5.41, 5.74) is 1.69. The number of benzene rings is 1. The number of carbonyl (C=O) groups excluding carboxylic acids is 3. The van der Waals surface area contributed by atoms with Crippen LogP contribution in [0, 0.1) is 0 Å². The highest BCUT2D eigenvalue weighted by Gasteiger charge is 2.49. The molecule has 0 aliphatic carbocycles. The molecule has 6 nitrogen and oxygen atoms in total. The van der Waals surface area contributed by atoms with Gasteiger partial charge in [-0.1, -0.05) is 39.0 Å². The van der Waals surface area contributed by atoms with Gasteiger partial charge in [-0.2, -0.15) is 0 Å². The van der Waals surface area contributed by atoms with Gasteiger partial charge < -0.3 is 10.3 Å². The van der Waals surface area contributed by atoms with Crippen molar-refractivity contribution in [1.82, 2.24) is 15.2 Å². The van der Waals surface area contributed by atoms with Gasteiger partial charge in [0.05, 0.1) is 6.54 Å². The number of imide groups is 1. The smallest absolute Gasteiger partial charge is 0.325 e. The van der Waals surface area contributed by atoms with Crippen LogP contribution in [-0.4, -0.2) is 39.7 Å². The zero-order valence-electron chi connectivity index (χ0n) is 14.8. The van der Waals surface area contributed by atoms with Crippen molar-refractivity contribution in [2.45, 2.75) is 45.6 Å². The Morgan fingerprint density at radius 2 is 1.88 bits per heavy atom. The number of aromatic amines is 1. The molecule has 1 fully saturated rings. The number of Topliss-reactive ketones (excluding diaryl/α,β-unsaturated/α-hetero) is 1.